The number of nitrogens with zero attached hydrogens (tertiary/aromatic N) is 3. The number of hydrogen-bond acceptors (Lipinski definition) is 5. The molecule has 0 spiro atoms. The Labute approximate surface area is 220 Å². The third kappa shape index (κ3) is 5.27. The van der Waals surface area contributed by atoms with E-state index in [4.69, 9.17) is 16.0 Å². The fourth-order valence-electron chi connectivity index (χ4n) is 4.52. The van der Waals surface area contributed by atoms with Crippen LogP contribution >= 0.6 is 11.6 Å². The van der Waals surface area contributed by atoms with Crippen molar-refractivity contribution in [1.82, 2.24) is 19.0 Å². The van der Waals surface area contributed by atoms with Crippen molar-refractivity contribution < 1.29 is 35.4 Å². The molecular weight excluding hydrogens is 549 g/mol. The molecule has 1 amide bonds. The van der Waals surface area contributed by atoms with E-state index < -0.39 is 51.3 Å². The summed E-state index contributed by atoms with van der Waals surface area (Å²) in [7, 11) is -4.61. The topological polar surface area (TPSA) is 117 Å². The molecule has 9 nitrogen and oxygen atoms in total. The number of aromatic nitrogens is 2. The van der Waals surface area contributed by atoms with Gasteiger partial charge in [-0.1, -0.05) is 49.4 Å². The molecule has 202 valence electrons. The van der Waals surface area contributed by atoms with Gasteiger partial charge in [-0.05, 0) is 17.7 Å². The van der Waals surface area contributed by atoms with Crippen LogP contribution in [0.1, 0.15) is 35.0 Å². The van der Waals surface area contributed by atoms with Gasteiger partial charge in [-0.25, -0.2) is 4.98 Å². The summed E-state index contributed by atoms with van der Waals surface area (Å²) < 4.78 is 82.3. The number of alkyl halides is 3. The molecule has 0 bridgehead atoms. The number of hydrogen-bond donors (Lipinski definition) is 2. The normalized spacial score (nSPS) is 18.1. The third-order valence-corrected chi connectivity index (χ3v) is 7.12. The first kappa shape index (κ1) is 27.6. The summed E-state index contributed by atoms with van der Waals surface area (Å²) in [5, 5.41) is -0.335. The standard InChI is InChI=1S/C23H18ClF3N4O5S.CH4/c24-20-19(28-21-17(23(25,26)27)8-15(9-31(20)21)14-6-7-36-12-14)22(32)30-10-16(13-4-2-1-3-5-13)18(11-30)29-37(33,34)35;/h1-9,12,16,18,29H,10-11H2,(H,33,34,35);1H4. The predicted octanol–water partition coefficient (Wildman–Crippen LogP) is 4.90. The van der Waals surface area contributed by atoms with E-state index in [9.17, 15) is 30.9 Å². The van der Waals surface area contributed by atoms with Gasteiger partial charge >= 0.3 is 16.5 Å². The van der Waals surface area contributed by atoms with Crippen molar-refractivity contribution >= 4 is 33.5 Å². The molecule has 1 aliphatic rings. The average Bonchev–Trinajstić information content (AvgIpc) is 3.57. The molecule has 1 aliphatic heterocycles. The second-order valence-electron chi connectivity index (χ2n) is 8.52. The van der Waals surface area contributed by atoms with Crippen molar-refractivity contribution in [2.75, 3.05) is 13.1 Å². The Bertz CT molecular complexity index is 1570. The van der Waals surface area contributed by atoms with Crippen LogP contribution in [0.5, 0.6) is 0 Å². The number of nitrogens with one attached hydrogen (secondary N) is 1. The van der Waals surface area contributed by atoms with Crippen LogP contribution in [0.25, 0.3) is 16.8 Å². The second kappa shape index (κ2) is 10.1. The first-order valence-electron chi connectivity index (χ1n) is 10.8. The summed E-state index contributed by atoms with van der Waals surface area (Å²) >= 11 is 6.39. The van der Waals surface area contributed by atoms with Gasteiger partial charge in [0.25, 0.3) is 5.91 Å². The number of fused-ring (bicyclic) bond motifs is 1. The number of amides is 1. The van der Waals surface area contributed by atoms with Crippen LogP contribution in [0.4, 0.5) is 13.2 Å². The van der Waals surface area contributed by atoms with E-state index in [2.05, 4.69) is 9.71 Å². The van der Waals surface area contributed by atoms with E-state index in [-0.39, 0.29) is 31.2 Å². The highest BCUT2D eigenvalue weighted by Gasteiger charge is 2.41. The Balaban J connectivity index is 0.00000336. The number of carbonyl (C=O) groups is 1. The van der Waals surface area contributed by atoms with Crippen LogP contribution in [0, 0.1) is 0 Å². The summed E-state index contributed by atoms with van der Waals surface area (Å²) in [5.41, 5.74) is -0.856. The Morgan fingerprint density at radius 1 is 1.16 bits per heavy atom. The van der Waals surface area contributed by atoms with Crippen LogP contribution < -0.4 is 4.72 Å². The molecule has 1 aromatic carbocycles. The van der Waals surface area contributed by atoms with E-state index in [1.165, 1.54) is 29.7 Å². The molecule has 0 aliphatic carbocycles. The molecule has 14 heteroatoms. The Hall–Kier alpha value is -3.39. The molecule has 2 atom stereocenters. The van der Waals surface area contributed by atoms with Gasteiger partial charge in [0.1, 0.15) is 5.15 Å². The van der Waals surface area contributed by atoms with Crippen LogP contribution in [0.3, 0.4) is 0 Å². The lowest BCUT2D eigenvalue weighted by Gasteiger charge is -2.17. The summed E-state index contributed by atoms with van der Waals surface area (Å²) in [6.45, 7) is -0.165. The SMILES string of the molecule is C.O=C(c1nc2c(C(F)(F)F)cc(-c3ccoc3)cn2c1Cl)N1CC(NS(=O)(=O)O)C(c2ccccc2)C1. The van der Waals surface area contributed by atoms with Gasteiger partial charge in [-0.2, -0.15) is 26.3 Å². The lowest BCUT2D eigenvalue weighted by molar-refractivity contribution is -0.136. The Morgan fingerprint density at radius 2 is 1.87 bits per heavy atom. The van der Waals surface area contributed by atoms with E-state index in [1.807, 2.05) is 0 Å². The number of furan rings is 1. The quantitative estimate of drug-likeness (QED) is 0.330. The maximum absolute atomic E-state index is 13.9. The fourth-order valence-corrected chi connectivity index (χ4v) is 5.39. The highest BCUT2D eigenvalue weighted by molar-refractivity contribution is 7.83. The fraction of sp³-hybridized carbons (Fsp3) is 0.250. The smallest absolute Gasteiger partial charge is 0.420 e. The molecule has 3 aromatic heterocycles. The summed E-state index contributed by atoms with van der Waals surface area (Å²) in [6.07, 6.45) is -0.896. The molecule has 0 radical (unpaired) electrons. The molecule has 38 heavy (non-hydrogen) atoms. The number of likely N-dealkylation sites (tertiary alicyclic amines) is 1. The van der Waals surface area contributed by atoms with Crippen molar-refractivity contribution in [2.24, 2.45) is 0 Å². The highest BCUT2D eigenvalue weighted by Crippen LogP contribution is 2.38. The molecule has 5 rings (SSSR count). The molecule has 0 saturated carbocycles. The number of benzene rings is 1. The van der Waals surface area contributed by atoms with Gasteiger partial charge in [0.05, 0.1) is 24.1 Å². The van der Waals surface area contributed by atoms with Crippen molar-refractivity contribution in [3.63, 3.8) is 0 Å². The lowest BCUT2D eigenvalue weighted by atomic mass is 9.95. The molecular formula is C24H22ClF3N4O5S. The van der Waals surface area contributed by atoms with Crippen LogP contribution in [-0.4, -0.2) is 52.3 Å². The molecule has 2 unspecified atom stereocenters. The van der Waals surface area contributed by atoms with Crippen molar-refractivity contribution in [1.29, 1.82) is 0 Å². The van der Waals surface area contributed by atoms with Gasteiger partial charge in [0, 0.05) is 36.3 Å². The monoisotopic (exact) mass is 570 g/mol. The Morgan fingerprint density at radius 3 is 2.47 bits per heavy atom. The zero-order valence-corrected chi connectivity index (χ0v) is 20.3. The first-order valence-corrected chi connectivity index (χ1v) is 12.6. The highest BCUT2D eigenvalue weighted by atomic mass is 35.5. The minimum absolute atomic E-state index is 0. The first-order chi connectivity index (χ1) is 17.4. The van der Waals surface area contributed by atoms with E-state index in [0.717, 1.165) is 10.5 Å². The number of imidazole rings is 1. The van der Waals surface area contributed by atoms with Crippen molar-refractivity contribution in [3.8, 4) is 11.1 Å². The second-order valence-corrected chi connectivity index (χ2v) is 10.1. The maximum atomic E-state index is 13.9. The lowest BCUT2D eigenvalue weighted by Crippen LogP contribution is -2.40. The van der Waals surface area contributed by atoms with E-state index in [1.54, 1.807) is 30.3 Å². The van der Waals surface area contributed by atoms with Crippen LogP contribution in [0.15, 0.2) is 65.6 Å². The average molecular weight is 571 g/mol. The summed E-state index contributed by atoms with van der Waals surface area (Å²) in [4.78, 5) is 18.6. The van der Waals surface area contributed by atoms with Gasteiger partial charge in [-0.15, -0.1) is 0 Å². The zero-order valence-electron chi connectivity index (χ0n) is 18.7. The minimum atomic E-state index is -4.80. The van der Waals surface area contributed by atoms with Crippen LogP contribution in [0.2, 0.25) is 5.15 Å². The van der Waals surface area contributed by atoms with Gasteiger partial charge in [0.15, 0.2) is 11.3 Å². The van der Waals surface area contributed by atoms with Gasteiger partial charge < -0.3 is 9.32 Å². The molecule has 4 heterocycles. The number of rotatable bonds is 5. The van der Waals surface area contributed by atoms with Crippen LogP contribution in [-0.2, 0) is 16.5 Å². The molecule has 1 fully saturated rings. The van der Waals surface area contributed by atoms with Crippen molar-refractivity contribution in [3.05, 3.63) is 83.2 Å². The largest absolute Gasteiger partial charge is 0.472 e. The number of pyridine rings is 1. The Kier molecular flexibility index (Phi) is 7.32. The minimum Gasteiger partial charge on any atom is -0.472 e. The van der Waals surface area contributed by atoms with Gasteiger partial charge in [0.2, 0.25) is 0 Å². The molecule has 2 N–H and O–H groups in total. The van der Waals surface area contributed by atoms with Crippen molar-refractivity contribution in [2.45, 2.75) is 25.6 Å². The van der Waals surface area contributed by atoms with Gasteiger partial charge in [-0.3, -0.25) is 13.7 Å². The van der Waals surface area contributed by atoms with E-state index >= 15 is 0 Å². The van der Waals surface area contributed by atoms with E-state index in [0.29, 0.717) is 11.1 Å². The third-order valence-electron chi connectivity index (χ3n) is 6.16. The number of carbonyl (C=O) groups excluding carboxylic acids is 1. The zero-order chi connectivity index (χ0) is 26.5. The maximum Gasteiger partial charge on any atom is 0.420 e. The summed E-state index contributed by atoms with van der Waals surface area (Å²) in [5.74, 6) is -1.33. The molecule has 4 aromatic rings. The predicted molar refractivity (Wildman–Crippen MR) is 133 cm³/mol. The number of halogens is 4. The molecule has 1 saturated heterocycles. The summed E-state index contributed by atoms with van der Waals surface area (Å²) in [6, 6.07) is 10.2.